The predicted molar refractivity (Wildman–Crippen MR) is 124 cm³/mol. The summed E-state index contributed by atoms with van der Waals surface area (Å²) in [7, 11) is 0. The molecule has 1 aromatic carbocycles. The third-order valence-corrected chi connectivity index (χ3v) is 7.09. The highest BCUT2D eigenvalue weighted by Gasteiger charge is 2.20. The summed E-state index contributed by atoms with van der Waals surface area (Å²) in [5.41, 5.74) is 2.98. The quantitative estimate of drug-likeness (QED) is 0.298. The summed E-state index contributed by atoms with van der Waals surface area (Å²) in [4.78, 5) is 0. The van der Waals surface area contributed by atoms with Crippen molar-refractivity contribution in [1.82, 2.24) is 0 Å². The highest BCUT2D eigenvalue weighted by molar-refractivity contribution is 5.29. The molecule has 0 heterocycles. The number of allylic oxidation sites excluding steroid dienone is 4. The lowest BCUT2D eigenvalue weighted by molar-refractivity contribution is 0.289. The van der Waals surface area contributed by atoms with E-state index in [9.17, 15) is 0 Å². The molecule has 0 nitrogen and oxygen atoms in total. The van der Waals surface area contributed by atoms with Gasteiger partial charge in [-0.05, 0) is 73.8 Å². The Morgan fingerprint density at radius 1 is 0.786 bits per heavy atom. The minimum absolute atomic E-state index is 0.624. The maximum Gasteiger partial charge on any atom is 0.00185 e. The molecule has 0 saturated heterocycles. The number of unbranched alkanes of at least 4 members (excludes halogenated alkanes) is 2. The van der Waals surface area contributed by atoms with E-state index in [-0.39, 0.29) is 0 Å². The van der Waals surface area contributed by atoms with Gasteiger partial charge in [0.15, 0.2) is 0 Å². The van der Waals surface area contributed by atoms with Gasteiger partial charge in [0, 0.05) is 5.92 Å². The van der Waals surface area contributed by atoms with Crippen molar-refractivity contribution in [2.24, 2.45) is 17.8 Å². The zero-order chi connectivity index (χ0) is 19.6. The summed E-state index contributed by atoms with van der Waals surface area (Å²) in [6.45, 7) is 4.57. The number of hydrogen-bond donors (Lipinski definition) is 0. The van der Waals surface area contributed by atoms with Crippen molar-refractivity contribution in [3.63, 3.8) is 0 Å². The van der Waals surface area contributed by atoms with E-state index in [1.165, 1.54) is 88.2 Å². The van der Waals surface area contributed by atoms with Crippen LogP contribution in [0.4, 0.5) is 0 Å². The van der Waals surface area contributed by atoms with Crippen molar-refractivity contribution < 1.29 is 0 Å². The molecule has 1 aromatic rings. The fourth-order valence-electron chi connectivity index (χ4n) is 5.15. The highest BCUT2D eigenvalue weighted by atomic mass is 14.3. The van der Waals surface area contributed by atoms with Crippen LogP contribution in [0.1, 0.15) is 102 Å². The first-order chi connectivity index (χ1) is 13.8. The van der Waals surface area contributed by atoms with Gasteiger partial charge < -0.3 is 0 Å². The second-order valence-corrected chi connectivity index (χ2v) is 9.39. The molecular formula is C28H42. The van der Waals surface area contributed by atoms with Gasteiger partial charge in [-0.15, -0.1) is 0 Å². The fraction of sp³-hybridized carbons (Fsp3) is 0.643. The highest BCUT2D eigenvalue weighted by Crippen LogP contribution is 2.35. The molecule has 1 fully saturated rings. The number of rotatable bonds is 9. The molecule has 0 aromatic heterocycles. The van der Waals surface area contributed by atoms with Crippen LogP contribution in [0, 0.1) is 17.8 Å². The molecule has 0 N–H and O–H groups in total. The van der Waals surface area contributed by atoms with Crippen molar-refractivity contribution in [3.8, 4) is 0 Å². The molecule has 1 saturated carbocycles. The molecule has 2 unspecified atom stereocenters. The molecule has 154 valence electrons. The van der Waals surface area contributed by atoms with Gasteiger partial charge in [-0.25, -0.2) is 0 Å². The maximum absolute atomic E-state index is 2.57. The van der Waals surface area contributed by atoms with Crippen LogP contribution in [-0.2, 0) is 6.42 Å². The lowest BCUT2D eigenvalue weighted by Gasteiger charge is -2.27. The molecule has 0 spiro atoms. The Kier molecular flexibility index (Phi) is 8.90. The SMILES string of the molecule is CCCCCC1CCC(C=CC2C=CC(c3ccc(CCC)cc3)CC2)CC1. The molecule has 2 aliphatic carbocycles. The Hall–Kier alpha value is -1.30. The van der Waals surface area contributed by atoms with E-state index in [0.29, 0.717) is 11.8 Å². The average Bonchev–Trinajstić information content (AvgIpc) is 2.75. The summed E-state index contributed by atoms with van der Waals surface area (Å²) >= 11 is 0. The minimum Gasteiger partial charge on any atom is -0.0848 e. The first-order valence-electron chi connectivity index (χ1n) is 12.2. The van der Waals surface area contributed by atoms with Crippen molar-refractivity contribution >= 4 is 0 Å². The Labute approximate surface area is 174 Å². The summed E-state index contributed by atoms with van der Waals surface area (Å²) in [5.74, 6) is 3.16. The van der Waals surface area contributed by atoms with Gasteiger partial charge in [-0.2, -0.15) is 0 Å². The molecule has 0 aliphatic heterocycles. The van der Waals surface area contributed by atoms with Crippen LogP contribution in [0.25, 0.3) is 0 Å². The van der Waals surface area contributed by atoms with E-state index in [1.54, 1.807) is 0 Å². The third kappa shape index (κ3) is 6.64. The molecule has 0 bridgehead atoms. The topological polar surface area (TPSA) is 0 Å². The molecule has 28 heavy (non-hydrogen) atoms. The second kappa shape index (κ2) is 11.6. The van der Waals surface area contributed by atoms with E-state index < -0.39 is 0 Å². The van der Waals surface area contributed by atoms with E-state index in [4.69, 9.17) is 0 Å². The summed E-state index contributed by atoms with van der Waals surface area (Å²) in [6, 6.07) is 9.37. The van der Waals surface area contributed by atoms with Crippen molar-refractivity contribution in [1.29, 1.82) is 0 Å². The van der Waals surface area contributed by atoms with Crippen LogP contribution in [0.3, 0.4) is 0 Å². The summed E-state index contributed by atoms with van der Waals surface area (Å²) in [6.07, 6.45) is 26.6. The molecular weight excluding hydrogens is 336 g/mol. The normalized spacial score (nSPS) is 28.1. The molecule has 0 heteroatoms. The largest absolute Gasteiger partial charge is 0.0848 e. The van der Waals surface area contributed by atoms with Gasteiger partial charge in [0.1, 0.15) is 0 Å². The molecule has 0 radical (unpaired) electrons. The number of hydrogen-bond acceptors (Lipinski definition) is 0. The zero-order valence-electron chi connectivity index (χ0n) is 18.4. The van der Waals surface area contributed by atoms with E-state index in [1.807, 2.05) is 0 Å². The Morgan fingerprint density at radius 3 is 2.21 bits per heavy atom. The summed E-state index contributed by atoms with van der Waals surface area (Å²) in [5, 5.41) is 0. The van der Waals surface area contributed by atoms with Gasteiger partial charge in [-0.1, -0.05) is 94.5 Å². The van der Waals surface area contributed by atoms with Crippen LogP contribution < -0.4 is 0 Å². The summed E-state index contributed by atoms with van der Waals surface area (Å²) < 4.78 is 0. The fourth-order valence-corrected chi connectivity index (χ4v) is 5.15. The lowest BCUT2D eigenvalue weighted by Crippen LogP contribution is -2.13. The first-order valence-corrected chi connectivity index (χ1v) is 12.2. The standard InChI is InChI=1S/C28H42/c1-3-5-6-8-24-9-11-25(12-10-24)13-14-26-17-21-28(22-18-26)27-19-15-23(7-4-2)16-20-27/h13-17,19-21,24-26,28H,3-12,18,22H2,1-2H3. The van der Waals surface area contributed by atoms with Gasteiger partial charge in [0.25, 0.3) is 0 Å². The van der Waals surface area contributed by atoms with E-state index in [2.05, 4.69) is 62.4 Å². The third-order valence-electron chi connectivity index (χ3n) is 7.09. The minimum atomic E-state index is 0.624. The first kappa shape index (κ1) is 21.4. The van der Waals surface area contributed by atoms with Crippen LogP contribution in [0.5, 0.6) is 0 Å². The molecule has 0 amide bonds. The van der Waals surface area contributed by atoms with Crippen LogP contribution in [0.2, 0.25) is 0 Å². The maximum atomic E-state index is 2.57. The van der Waals surface area contributed by atoms with Crippen molar-refractivity contribution in [2.75, 3.05) is 0 Å². The lowest BCUT2D eigenvalue weighted by atomic mass is 9.78. The Bertz CT molecular complexity index is 597. The van der Waals surface area contributed by atoms with Gasteiger partial charge in [0.05, 0.1) is 0 Å². The molecule has 3 rings (SSSR count). The second-order valence-electron chi connectivity index (χ2n) is 9.39. The smallest absolute Gasteiger partial charge is 0.00185 e. The van der Waals surface area contributed by atoms with Crippen LogP contribution in [0.15, 0.2) is 48.6 Å². The number of benzene rings is 1. The van der Waals surface area contributed by atoms with Crippen molar-refractivity contribution in [2.45, 2.75) is 96.8 Å². The monoisotopic (exact) mass is 378 g/mol. The average molecular weight is 379 g/mol. The van der Waals surface area contributed by atoms with E-state index >= 15 is 0 Å². The predicted octanol–water partition coefficient (Wildman–Crippen LogP) is 8.63. The number of aryl methyl sites for hydroxylation is 1. The van der Waals surface area contributed by atoms with Gasteiger partial charge >= 0.3 is 0 Å². The molecule has 2 atom stereocenters. The van der Waals surface area contributed by atoms with Crippen LogP contribution >= 0.6 is 0 Å². The van der Waals surface area contributed by atoms with Crippen LogP contribution in [-0.4, -0.2) is 0 Å². The molecule has 2 aliphatic rings. The van der Waals surface area contributed by atoms with Crippen molar-refractivity contribution in [3.05, 3.63) is 59.7 Å². The Morgan fingerprint density at radius 2 is 1.57 bits per heavy atom. The Balaban J connectivity index is 1.41. The van der Waals surface area contributed by atoms with E-state index in [0.717, 1.165) is 11.8 Å². The zero-order valence-corrected chi connectivity index (χ0v) is 18.4. The van der Waals surface area contributed by atoms with Gasteiger partial charge in [-0.3, -0.25) is 0 Å². The van der Waals surface area contributed by atoms with Gasteiger partial charge in [0.2, 0.25) is 0 Å².